The van der Waals surface area contributed by atoms with Crippen molar-refractivity contribution in [1.82, 2.24) is 0 Å². The largest absolute Gasteiger partial charge is 0.275 e. The molecular formula is C13H17Al. The van der Waals surface area contributed by atoms with Gasteiger partial charge in [-0.15, -0.1) is 25.3 Å². The van der Waals surface area contributed by atoms with Gasteiger partial charge in [-0.3, -0.25) is 0 Å². The zero-order valence-electron chi connectivity index (χ0n) is 8.65. The van der Waals surface area contributed by atoms with Gasteiger partial charge in [-0.25, -0.2) is 0 Å². The lowest BCUT2D eigenvalue weighted by molar-refractivity contribution is 1.30. The minimum Gasteiger partial charge on any atom is -0.105 e. The standard InChI is InChI=1S/C7H7.2C3H5.Al/c1-7-5-3-2-4-6-7;2*1-3-2;/h2-6H,1H2;2*3H,1-2H2;. The Morgan fingerprint density at radius 1 is 1.00 bits per heavy atom. The van der Waals surface area contributed by atoms with Crippen LogP contribution in [0.4, 0.5) is 0 Å². The molecule has 1 rings (SSSR count). The van der Waals surface area contributed by atoms with Gasteiger partial charge < -0.3 is 0 Å². The Hall–Kier alpha value is -0.768. The summed E-state index contributed by atoms with van der Waals surface area (Å²) in [5.74, 6) is 0. The molecule has 0 saturated carbocycles. The molecule has 1 aromatic carbocycles. The summed E-state index contributed by atoms with van der Waals surface area (Å²) in [5, 5.41) is 3.68. The van der Waals surface area contributed by atoms with Crippen molar-refractivity contribution < 1.29 is 0 Å². The van der Waals surface area contributed by atoms with Crippen LogP contribution < -0.4 is 0 Å². The van der Waals surface area contributed by atoms with Gasteiger partial charge in [-0.1, -0.05) is 51.7 Å². The summed E-state index contributed by atoms with van der Waals surface area (Å²) >= 11 is -0.697. The molecule has 0 N–H and O–H groups in total. The van der Waals surface area contributed by atoms with E-state index in [2.05, 4.69) is 55.6 Å². The number of hydrogen-bond donors (Lipinski definition) is 0. The molecule has 0 spiro atoms. The second-order valence-corrected chi connectivity index (χ2v) is 6.69. The molecule has 0 unspecified atom stereocenters. The van der Waals surface area contributed by atoms with Gasteiger partial charge in [0.2, 0.25) is 0 Å². The van der Waals surface area contributed by atoms with Gasteiger partial charge in [-0.05, 0) is 0 Å². The van der Waals surface area contributed by atoms with Gasteiger partial charge in [0.15, 0.2) is 0 Å². The van der Waals surface area contributed by atoms with E-state index in [9.17, 15) is 0 Å². The molecule has 0 aliphatic heterocycles. The van der Waals surface area contributed by atoms with Crippen LogP contribution in [0.15, 0.2) is 55.6 Å². The van der Waals surface area contributed by atoms with Crippen molar-refractivity contribution in [3.8, 4) is 0 Å². The molecular weight excluding hydrogens is 183 g/mol. The van der Waals surface area contributed by atoms with E-state index >= 15 is 0 Å². The average Bonchev–Trinajstić information content (AvgIpc) is 2.20. The number of rotatable bonds is 6. The first-order chi connectivity index (χ1) is 6.86. The van der Waals surface area contributed by atoms with Crippen molar-refractivity contribution in [3.63, 3.8) is 0 Å². The molecule has 0 saturated heterocycles. The maximum atomic E-state index is 3.82. The Morgan fingerprint density at radius 2 is 1.57 bits per heavy atom. The second-order valence-electron chi connectivity index (χ2n) is 3.60. The van der Waals surface area contributed by atoms with Crippen molar-refractivity contribution in [2.24, 2.45) is 0 Å². The molecule has 1 heteroatoms. The molecule has 0 heterocycles. The molecule has 0 aliphatic rings. The van der Waals surface area contributed by atoms with Gasteiger partial charge in [0.05, 0.1) is 0 Å². The van der Waals surface area contributed by atoms with Crippen LogP contribution in [-0.2, 0) is 5.28 Å². The SMILES string of the molecule is C=C[CH2][Al]([CH2]C=C)[CH2]c1ccccc1. The molecule has 0 radical (unpaired) electrons. The summed E-state index contributed by atoms with van der Waals surface area (Å²) in [6, 6.07) is 10.7. The van der Waals surface area contributed by atoms with Gasteiger partial charge in [0, 0.05) is 0 Å². The van der Waals surface area contributed by atoms with E-state index in [-0.39, 0.29) is 0 Å². The van der Waals surface area contributed by atoms with E-state index in [0.29, 0.717) is 0 Å². The lowest BCUT2D eigenvalue weighted by Crippen LogP contribution is -2.14. The first-order valence-corrected chi connectivity index (χ1v) is 7.57. The molecule has 0 aliphatic carbocycles. The molecule has 0 bridgehead atoms. The average molecular weight is 200 g/mol. The third-order valence-corrected chi connectivity index (χ3v) is 5.42. The number of hydrogen-bond acceptors (Lipinski definition) is 0. The van der Waals surface area contributed by atoms with E-state index in [4.69, 9.17) is 0 Å². The normalized spacial score (nSPS) is 9.43. The Morgan fingerprint density at radius 3 is 2.07 bits per heavy atom. The molecule has 14 heavy (non-hydrogen) atoms. The molecule has 72 valence electrons. The van der Waals surface area contributed by atoms with Crippen LogP contribution in [0.25, 0.3) is 0 Å². The van der Waals surface area contributed by atoms with Crippen molar-refractivity contribution in [2.45, 2.75) is 15.8 Å². The second kappa shape index (κ2) is 6.65. The highest BCUT2D eigenvalue weighted by Crippen LogP contribution is 2.09. The van der Waals surface area contributed by atoms with Crippen LogP contribution in [0.2, 0.25) is 10.6 Å². The highest BCUT2D eigenvalue weighted by molar-refractivity contribution is 6.59. The van der Waals surface area contributed by atoms with E-state index in [1.807, 2.05) is 0 Å². The van der Waals surface area contributed by atoms with Crippen LogP contribution in [0, 0.1) is 0 Å². The van der Waals surface area contributed by atoms with Crippen molar-refractivity contribution >= 4 is 14.1 Å². The molecule has 1 aromatic rings. The maximum absolute atomic E-state index is 3.82. The molecule has 0 amide bonds. The topological polar surface area (TPSA) is 0 Å². The fourth-order valence-electron chi connectivity index (χ4n) is 1.68. The predicted molar refractivity (Wildman–Crippen MR) is 65.9 cm³/mol. The number of benzene rings is 1. The first kappa shape index (κ1) is 11.3. The highest BCUT2D eigenvalue weighted by atomic mass is 27.2. The van der Waals surface area contributed by atoms with Crippen LogP contribution in [0.1, 0.15) is 5.56 Å². The van der Waals surface area contributed by atoms with Gasteiger partial charge >= 0.3 is 0 Å². The summed E-state index contributed by atoms with van der Waals surface area (Å²) in [6.07, 6.45) is 4.12. The van der Waals surface area contributed by atoms with Crippen LogP contribution in [-0.4, -0.2) is 14.1 Å². The van der Waals surface area contributed by atoms with Crippen LogP contribution in [0.3, 0.4) is 0 Å². The maximum Gasteiger partial charge on any atom is 0.275 e. The predicted octanol–water partition coefficient (Wildman–Crippen LogP) is 3.64. The summed E-state index contributed by atoms with van der Waals surface area (Å²) in [5.41, 5.74) is 1.47. The van der Waals surface area contributed by atoms with Crippen LogP contribution in [0.5, 0.6) is 0 Å². The minimum atomic E-state index is -0.697. The van der Waals surface area contributed by atoms with Crippen molar-refractivity contribution in [3.05, 3.63) is 61.2 Å². The van der Waals surface area contributed by atoms with Gasteiger partial charge in [0.1, 0.15) is 0 Å². The van der Waals surface area contributed by atoms with E-state index in [1.54, 1.807) is 0 Å². The quantitative estimate of drug-likeness (QED) is 0.486. The van der Waals surface area contributed by atoms with Crippen molar-refractivity contribution in [2.75, 3.05) is 0 Å². The summed E-state index contributed by atoms with van der Waals surface area (Å²) < 4.78 is 0. The Balaban J connectivity index is 2.54. The fraction of sp³-hybridized carbons (Fsp3) is 0.231. The zero-order valence-corrected chi connectivity index (χ0v) is 9.81. The van der Waals surface area contributed by atoms with Crippen LogP contribution >= 0.6 is 0 Å². The first-order valence-electron chi connectivity index (χ1n) is 5.12. The summed E-state index contributed by atoms with van der Waals surface area (Å²) in [7, 11) is 0. The lowest BCUT2D eigenvalue weighted by atomic mass is 10.2. The van der Waals surface area contributed by atoms with E-state index in [1.165, 1.54) is 21.4 Å². The molecule has 0 nitrogen and oxygen atoms in total. The van der Waals surface area contributed by atoms with E-state index < -0.39 is 14.1 Å². The smallest absolute Gasteiger partial charge is 0.105 e. The lowest BCUT2D eigenvalue weighted by Gasteiger charge is -2.06. The Bertz CT molecular complexity index is 267. The highest BCUT2D eigenvalue weighted by Gasteiger charge is 2.13. The Labute approximate surface area is 91.4 Å². The fourth-order valence-corrected chi connectivity index (χ4v) is 4.09. The summed E-state index contributed by atoms with van der Waals surface area (Å²) in [6.45, 7) is 7.65. The molecule has 0 aromatic heterocycles. The molecule has 0 fully saturated rings. The molecule has 0 atom stereocenters. The van der Waals surface area contributed by atoms with Gasteiger partial charge in [0.25, 0.3) is 14.1 Å². The third kappa shape index (κ3) is 3.96. The monoisotopic (exact) mass is 200 g/mol. The Kier molecular flexibility index (Phi) is 5.37. The van der Waals surface area contributed by atoms with E-state index in [0.717, 1.165) is 0 Å². The minimum absolute atomic E-state index is 0.697. The number of allylic oxidation sites excluding steroid dienone is 2. The third-order valence-electron chi connectivity index (χ3n) is 2.37. The summed E-state index contributed by atoms with van der Waals surface area (Å²) in [4.78, 5) is 0. The van der Waals surface area contributed by atoms with Gasteiger partial charge in [-0.2, -0.15) is 0 Å². The zero-order chi connectivity index (χ0) is 10.2. The van der Waals surface area contributed by atoms with Crippen molar-refractivity contribution in [1.29, 1.82) is 0 Å².